The number of ether oxygens (including phenoxy) is 1. The van der Waals surface area contributed by atoms with Crippen molar-refractivity contribution in [2.45, 2.75) is 24.9 Å². The average molecular weight is 455 g/mol. The molecule has 0 unspecified atom stereocenters. The van der Waals surface area contributed by atoms with Crippen LogP contribution in [0.15, 0.2) is 75.7 Å². The van der Waals surface area contributed by atoms with Crippen molar-refractivity contribution in [1.29, 1.82) is 0 Å². The van der Waals surface area contributed by atoms with E-state index in [9.17, 15) is 13.2 Å². The molecule has 0 amide bonds. The fourth-order valence-corrected chi connectivity index (χ4v) is 5.58. The molecular formula is C23H22N2O4S2. The van der Waals surface area contributed by atoms with Gasteiger partial charge in [-0.3, -0.25) is 4.79 Å². The average Bonchev–Trinajstić information content (AvgIpc) is 3.27. The van der Waals surface area contributed by atoms with Gasteiger partial charge in [-0.25, -0.2) is 8.42 Å². The predicted octanol–water partition coefficient (Wildman–Crippen LogP) is 4.30. The first kappa shape index (κ1) is 21.3. The Morgan fingerprint density at radius 2 is 1.81 bits per heavy atom. The number of nitrogens with zero attached hydrogens (tertiary/aromatic N) is 1. The lowest BCUT2D eigenvalue weighted by atomic mass is 10.1. The second-order valence-corrected chi connectivity index (χ2v) is 10.2. The monoisotopic (exact) mass is 454 g/mol. The van der Waals surface area contributed by atoms with Gasteiger partial charge < -0.3 is 9.72 Å². The third-order valence-electron chi connectivity index (χ3n) is 5.03. The van der Waals surface area contributed by atoms with Crippen molar-refractivity contribution in [3.8, 4) is 5.75 Å². The van der Waals surface area contributed by atoms with Crippen LogP contribution in [-0.4, -0.2) is 24.8 Å². The van der Waals surface area contributed by atoms with Crippen LogP contribution in [0.5, 0.6) is 5.75 Å². The summed E-state index contributed by atoms with van der Waals surface area (Å²) in [5, 5.41) is 2.77. The van der Waals surface area contributed by atoms with Crippen molar-refractivity contribution in [3.63, 3.8) is 0 Å². The lowest BCUT2D eigenvalue weighted by Gasteiger charge is -2.22. The van der Waals surface area contributed by atoms with Gasteiger partial charge in [-0.2, -0.15) is 4.31 Å². The van der Waals surface area contributed by atoms with E-state index in [-0.39, 0.29) is 23.5 Å². The Balaban J connectivity index is 1.75. The summed E-state index contributed by atoms with van der Waals surface area (Å²) < 4.78 is 33.4. The largest absolute Gasteiger partial charge is 0.497 e. The molecule has 0 aliphatic carbocycles. The molecule has 2 aromatic heterocycles. The first-order chi connectivity index (χ1) is 14.9. The summed E-state index contributed by atoms with van der Waals surface area (Å²) in [7, 11) is -2.32. The van der Waals surface area contributed by atoms with Gasteiger partial charge in [0.25, 0.3) is 5.56 Å². The van der Waals surface area contributed by atoms with Crippen LogP contribution in [0.1, 0.15) is 16.0 Å². The first-order valence-corrected chi connectivity index (χ1v) is 12.0. The lowest BCUT2D eigenvalue weighted by Crippen LogP contribution is -2.32. The Morgan fingerprint density at radius 3 is 2.48 bits per heavy atom. The summed E-state index contributed by atoms with van der Waals surface area (Å²) in [4.78, 5) is 16.6. The van der Waals surface area contributed by atoms with Gasteiger partial charge in [0.05, 0.1) is 12.0 Å². The molecule has 8 heteroatoms. The second-order valence-electron chi connectivity index (χ2n) is 7.24. The number of fused-ring (bicyclic) bond motifs is 1. The SMILES string of the molecule is COc1ccc(S(=O)(=O)N(Cc2cccs2)Cc2cc3cc(C)ccc3[nH]c2=O)cc1. The highest BCUT2D eigenvalue weighted by Crippen LogP contribution is 2.24. The molecule has 0 bridgehead atoms. The molecule has 6 nitrogen and oxygen atoms in total. The van der Waals surface area contributed by atoms with Gasteiger partial charge in [0.1, 0.15) is 5.75 Å². The maximum atomic E-state index is 13.5. The molecule has 4 rings (SSSR count). The molecule has 0 aliphatic rings. The van der Waals surface area contributed by atoms with Gasteiger partial charge in [-0.15, -0.1) is 11.3 Å². The number of rotatable bonds is 7. The predicted molar refractivity (Wildman–Crippen MR) is 123 cm³/mol. The van der Waals surface area contributed by atoms with Gasteiger partial charge >= 0.3 is 0 Å². The van der Waals surface area contributed by atoms with Gasteiger partial charge in [-0.1, -0.05) is 17.7 Å². The van der Waals surface area contributed by atoms with E-state index in [1.807, 2.05) is 42.6 Å². The molecule has 31 heavy (non-hydrogen) atoms. The van der Waals surface area contributed by atoms with E-state index in [2.05, 4.69) is 4.98 Å². The van der Waals surface area contributed by atoms with E-state index < -0.39 is 10.0 Å². The number of nitrogens with one attached hydrogen (secondary N) is 1. The molecule has 0 saturated heterocycles. The Labute approximate surface area is 184 Å². The Morgan fingerprint density at radius 1 is 1.03 bits per heavy atom. The maximum absolute atomic E-state index is 13.5. The molecule has 0 spiro atoms. The van der Waals surface area contributed by atoms with Crippen LogP contribution in [-0.2, 0) is 23.1 Å². The summed E-state index contributed by atoms with van der Waals surface area (Å²) in [6.07, 6.45) is 0. The molecule has 4 aromatic rings. The zero-order valence-electron chi connectivity index (χ0n) is 17.2. The lowest BCUT2D eigenvalue weighted by molar-refractivity contribution is 0.401. The molecule has 0 aliphatic heterocycles. The van der Waals surface area contributed by atoms with Gasteiger partial charge in [0, 0.05) is 29.0 Å². The van der Waals surface area contributed by atoms with Crippen molar-refractivity contribution >= 4 is 32.3 Å². The minimum absolute atomic E-state index is 0.0362. The molecule has 0 saturated carbocycles. The van der Waals surface area contributed by atoms with E-state index in [0.29, 0.717) is 11.3 Å². The molecule has 0 fully saturated rings. The highest BCUT2D eigenvalue weighted by Gasteiger charge is 2.26. The van der Waals surface area contributed by atoms with E-state index >= 15 is 0 Å². The number of methoxy groups -OCH3 is 1. The number of aromatic nitrogens is 1. The molecule has 160 valence electrons. The van der Waals surface area contributed by atoms with Crippen molar-refractivity contribution in [1.82, 2.24) is 9.29 Å². The van der Waals surface area contributed by atoms with Crippen LogP contribution in [0, 0.1) is 6.92 Å². The quantitative estimate of drug-likeness (QED) is 0.452. The number of hydrogen-bond acceptors (Lipinski definition) is 5. The molecule has 2 heterocycles. The van der Waals surface area contributed by atoms with Crippen LogP contribution in [0.3, 0.4) is 0 Å². The number of aromatic amines is 1. The van der Waals surface area contributed by atoms with Crippen molar-refractivity contribution < 1.29 is 13.2 Å². The molecule has 0 radical (unpaired) electrons. The Hall–Kier alpha value is -2.94. The third kappa shape index (κ3) is 4.56. The molecule has 2 aromatic carbocycles. The van der Waals surface area contributed by atoms with Crippen molar-refractivity contribution in [3.05, 3.63) is 92.4 Å². The van der Waals surface area contributed by atoms with E-state index in [1.165, 1.54) is 34.9 Å². The first-order valence-electron chi connectivity index (χ1n) is 9.66. The van der Waals surface area contributed by atoms with Gasteiger partial charge in [0.15, 0.2) is 0 Å². The van der Waals surface area contributed by atoms with Crippen LogP contribution in [0.25, 0.3) is 10.9 Å². The van der Waals surface area contributed by atoms with Crippen LogP contribution in [0.2, 0.25) is 0 Å². The maximum Gasteiger partial charge on any atom is 0.252 e. The fraction of sp³-hybridized carbons (Fsp3) is 0.174. The van der Waals surface area contributed by atoms with Crippen molar-refractivity contribution in [2.75, 3.05) is 7.11 Å². The third-order valence-corrected chi connectivity index (χ3v) is 7.70. The Bertz CT molecular complexity index is 1360. The standard InChI is InChI=1S/C23H22N2O4S2/c1-16-5-10-22-17(12-16)13-18(23(26)24-22)14-25(15-20-4-3-11-30-20)31(27,28)21-8-6-19(29-2)7-9-21/h3-13H,14-15H2,1-2H3,(H,24,26). The highest BCUT2D eigenvalue weighted by molar-refractivity contribution is 7.89. The molecular weight excluding hydrogens is 432 g/mol. The number of benzene rings is 2. The van der Waals surface area contributed by atoms with Crippen LogP contribution >= 0.6 is 11.3 Å². The number of sulfonamides is 1. The van der Waals surface area contributed by atoms with E-state index in [0.717, 1.165) is 21.3 Å². The highest BCUT2D eigenvalue weighted by atomic mass is 32.2. The zero-order valence-corrected chi connectivity index (χ0v) is 18.8. The minimum Gasteiger partial charge on any atom is -0.497 e. The summed E-state index contributed by atoms with van der Waals surface area (Å²) in [6, 6.07) is 17.5. The number of hydrogen-bond donors (Lipinski definition) is 1. The van der Waals surface area contributed by atoms with E-state index in [4.69, 9.17) is 4.74 Å². The summed E-state index contributed by atoms with van der Waals surface area (Å²) in [5.74, 6) is 0.574. The second kappa shape index (κ2) is 8.66. The topological polar surface area (TPSA) is 79.5 Å². The van der Waals surface area contributed by atoms with Gasteiger partial charge in [-0.05, 0) is 66.2 Å². The molecule has 1 N–H and O–H groups in total. The minimum atomic E-state index is -3.85. The summed E-state index contributed by atoms with van der Waals surface area (Å²) in [5.41, 5.74) is 1.89. The number of thiophene rings is 1. The van der Waals surface area contributed by atoms with Crippen molar-refractivity contribution in [2.24, 2.45) is 0 Å². The Kier molecular flexibility index (Phi) is 5.95. The number of pyridine rings is 1. The summed E-state index contributed by atoms with van der Waals surface area (Å²) in [6.45, 7) is 2.12. The van der Waals surface area contributed by atoms with Crippen LogP contribution < -0.4 is 10.3 Å². The zero-order chi connectivity index (χ0) is 22.0. The van der Waals surface area contributed by atoms with E-state index in [1.54, 1.807) is 18.2 Å². The normalized spacial score (nSPS) is 11.8. The fourth-order valence-electron chi connectivity index (χ4n) is 3.38. The van der Waals surface area contributed by atoms with Crippen LogP contribution in [0.4, 0.5) is 0 Å². The smallest absolute Gasteiger partial charge is 0.252 e. The molecule has 0 atom stereocenters. The van der Waals surface area contributed by atoms with Gasteiger partial charge in [0.2, 0.25) is 10.0 Å². The number of H-pyrrole nitrogens is 1. The summed E-state index contributed by atoms with van der Waals surface area (Å²) >= 11 is 1.48. The number of aryl methyl sites for hydroxylation is 1.